The largest absolute Gasteiger partial charge is 1.00 e. The van der Waals surface area contributed by atoms with Gasteiger partial charge in [0.05, 0.1) is 42.3 Å². The van der Waals surface area contributed by atoms with Gasteiger partial charge in [-0.15, -0.1) is 0 Å². The van der Waals surface area contributed by atoms with Crippen molar-refractivity contribution in [2.45, 2.75) is 0 Å². The van der Waals surface area contributed by atoms with E-state index in [0.29, 0.717) is 0 Å². The van der Waals surface area contributed by atoms with Gasteiger partial charge in [-0.05, 0) is 0 Å². The Morgan fingerprint density at radius 2 is 1.18 bits per heavy atom. The standard InChI is InChI=1S/2C5H11N2.C5H9N2.BF3.2ClH.FH/c3*1-6-3-4-7(2)5-6;2-1(3)4;;;/h2*5H,3-4H2,1-2H3;3-5H,1-2H3;;3*1H/q3*+1;;;;/p-3. The normalized spacial score (nSPS) is 13.5. The van der Waals surface area contributed by atoms with Crippen LogP contribution in [0.4, 0.5) is 12.9 Å². The zero-order valence-electron chi connectivity index (χ0n) is 17.2. The van der Waals surface area contributed by atoms with Gasteiger partial charge in [-0.3, -0.25) is 31.9 Å². The third kappa shape index (κ3) is 20.8. The van der Waals surface area contributed by atoms with Crippen LogP contribution in [0, 0.1) is 0 Å². The second-order valence-electron chi connectivity index (χ2n) is 6.15. The molecule has 0 fully saturated rings. The van der Waals surface area contributed by atoms with Crippen LogP contribution in [0.15, 0.2) is 18.7 Å². The van der Waals surface area contributed by atoms with Crippen LogP contribution in [0.3, 0.4) is 0 Å². The van der Waals surface area contributed by atoms with E-state index in [0.717, 1.165) is 0 Å². The van der Waals surface area contributed by atoms with Gasteiger partial charge >= 0.3 is 7.54 Å². The summed E-state index contributed by atoms with van der Waals surface area (Å²) in [7, 11) is 8.68. The average molecular weight is 453 g/mol. The Labute approximate surface area is 178 Å². The van der Waals surface area contributed by atoms with Gasteiger partial charge in [0, 0.05) is 0 Å². The van der Waals surface area contributed by atoms with E-state index in [9.17, 15) is 12.9 Å². The zero-order chi connectivity index (χ0) is 19.4. The van der Waals surface area contributed by atoms with Crippen LogP contribution in [-0.4, -0.2) is 98.1 Å². The topological polar surface area (TPSA) is 21.3 Å². The maximum Gasteiger partial charge on any atom is 0.762 e. The molecule has 0 bridgehead atoms. The summed E-state index contributed by atoms with van der Waals surface area (Å²) < 4.78 is 37.4. The van der Waals surface area contributed by atoms with E-state index in [1.807, 2.05) is 42.0 Å². The highest BCUT2D eigenvalue weighted by molar-refractivity contribution is 6.33. The summed E-state index contributed by atoms with van der Waals surface area (Å²) in [4.78, 5) is 4.36. The van der Waals surface area contributed by atoms with Crippen molar-refractivity contribution in [1.82, 2.24) is 14.4 Å². The number of nitrogens with zero attached hydrogens (tertiary/aromatic N) is 6. The first kappa shape index (κ1) is 34.1. The van der Waals surface area contributed by atoms with Crippen LogP contribution in [0.2, 0.25) is 0 Å². The third-order valence-corrected chi connectivity index (χ3v) is 3.30. The minimum Gasteiger partial charge on any atom is -1.00 e. The molecule has 0 radical (unpaired) electrons. The SMILES string of the molecule is CN1C=[N+](C)CC1.CN1C=[N+](C)CC1.Cn1cc[n+](C)c1.FB(F)F.[Cl-].[Cl-].[F-]. The molecule has 0 unspecified atom stereocenters. The molecular weight excluding hydrogens is 422 g/mol. The third-order valence-electron chi connectivity index (χ3n) is 3.30. The summed E-state index contributed by atoms with van der Waals surface area (Å²) in [5.74, 6) is 0. The first-order chi connectivity index (χ1) is 11.6. The maximum atomic E-state index is 9.67. The van der Waals surface area contributed by atoms with Gasteiger partial charge in [-0.2, -0.15) is 0 Å². The smallest absolute Gasteiger partial charge is 0.762 e. The van der Waals surface area contributed by atoms with E-state index in [1.54, 1.807) is 0 Å². The number of halogens is 6. The zero-order valence-corrected chi connectivity index (χ0v) is 18.8. The molecule has 0 N–H and O–H groups in total. The molecule has 2 aliphatic heterocycles. The fourth-order valence-electron chi connectivity index (χ4n) is 2.11. The number of aromatic nitrogens is 2. The molecule has 3 rings (SSSR count). The van der Waals surface area contributed by atoms with Crippen molar-refractivity contribution in [2.24, 2.45) is 14.1 Å². The molecule has 6 nitrogen and oxygen atoms in total. The number of imidazole rings is 1. The molecule has 0 aliphatic carbocycles. The van der Waals surface area contributed by atoms with Gasteiger partial charge in [0.15, 0.2) is 0 Å². The lowest BCUT2D eigenvalue weighted by Crippen LogP contribution is -3.00. The highest BCUT2D eigenvalue weighted by atomic mass is 35.5. The molecule has 2 aliphatic rings. The van der Waals surface area contributed by atoms with Gasteiger partial charge in [0.2, 0.25) is 19.0 Å². The van der Waals surface area contributed by atoms with Gasteiger partial charge in [-0.25, -0.2) is 9.13 Å². The van der Waals surface area contributed by atoms with Crippen LogP contribution in [0.5, 0.6) is 0 Å². The number of hydrogen-bond acceptors (Lipinski definition) is 2. The lowest BCUT2D eigenvalue weighted by Gasteiger charge is -1.90. The highest BCUT2D eigenvalue weighted by Crippen LogP contribution is 1.84. The second-order valence-corrected chi connectivity index (χ2v) is 6.15. The van der Waals surface area contributed by atoms with Gasteiger partial charge in [0.25, 0.3) is 0 Å². The maximum absolute atomic E-state index is 9.67. The Hall–Kier alpha value is -1.49. The van der Waals surface area contributed by atoms with Crippen LogP contribution in [0.25, 0.3) is 0 Å². The van der Waals surface area contributed by atoms with E-state index >= 15 is 0 Å². The Bertz CT molecular complexity index is 515. The van der Waals surface area contributed by atoms with E-state index in [2.05, 4.69) is 59.8 Å². The molecule has 0 atom stereocenters. The summed E-state index contributed by atoms with van der Waals surface area (Å²) in [6, 6.07) is 0. The minimum atomic E-state index is -3.67. The Morgan fingerprint density at radius 3 is 1.25 bits per heavy atom. The predicted molar refractivity (Wildman–Crippen MR) is 95.2 cm³/mol. The summed E-state index contributed by atoms with van der Waals surface area (Å²) in [5.41, 5.74) is 0. The van der Waals surface area contributed by atoms with E-state index < -0.39 is 7.54 Å². The predicted octanol–water partition coefficient (Wildman–Crippen LogP) is -9.05. The number of rotatable bonds is 0. The average Bonchev–Trinajstić information content (AvgIpc) is 3.15. The second kappa shape index (κ2) is 18.9. The number of hydrogen-bond donors (Lipinski definition) is 0. The monoisotopic (exact) mass is 452 g/mol. The van der Waals surface area contributed by atoms with E-state index in [4.69, 9.17) is 0 Å². The van der Waals surface area contributed by atoms with Crippen LogP contribution in [-0.2, 0) is 14.1 Å². The fraction of sp³-hybridized carbons (Fsp3) is 0.667. The van der Waals surface area contributed by atoms with E-state index in [1.165, 1.54) is 26.2 Å². The summed E-state index contributed by atoms with van der Waals surface area (Å²) >= 11 is 0. The highest BCUT2D eigenvalue weighted by Gasteiger charge is 2.09. The molecule has 1 aromatic rings. The Morgan fingerprint density at radius 1 is 0.821 bits per heavy atom. The first-order valence-corrected chi connectivity index (χ1v) is 8.00. The quantitative estimate of drug-likeness (QED) is 0.221. The van der Waals surface area contributed by atoms with Crippen molar-refractivity contribution in [2.75, 3.05) is 54.4 Å². The molecule has 0 spiro atoms. The van der Waals surface area contributed by atoms with Crippen molar-refractivity contribution in [1.29, 1.82) is 0 Å². The van der Waals surface area contributed by atoms with Crippen LogP contribution in [0.1, 0.15) is 0 Å². The minimum absolute atomic E-state index is 0. The summed E-state index contributed by atoms with van der Waals surface area (Å²) in [6.45, 7) is 4.71. The molecule has 13 heteroatoms. The van der Waals surface area contributed by atoms with E-state index in [-0.39, 0.29) is 29.5 Å². The molecule has 0 saturated heterocycles. The lowest BCUT2D eigenvalue weighted by atomic mass is 10.5. The molecule has 0 saturated carbocycles. The van der Waals surface area contributed by atoms with Crippen molar-refractivity contribution < 1.29 is 56.2 Å². The van der Waals surface area contributed by atoms with Crippen LogP contribution < -0.4 is 34.1 Å². The molecular formula is C15H31BCl2F4N6. The number of likely N-dealkylation sites (N-methyl/N-ethyl adjacent to an activating group) is 4. The van der Waals surface area contributed by atoms with Crippen molar-refractivity contribution in [3.8, 4) is 0 Å². The van der Waals surface area contributed by atoms with Crippen LogP contribution >= 0.6 is 0 Å². The molecule has 0 amide bonds. The fourth-order valence-corrected chi connectivity index (χ4v) is 2.11. The van der Waals surface area contributed by atoms with Gasteiger partial charge in [0.1, 0.15) is 38.6 Å². The Balaban J connectivity index is -0.000000135. The lowest BCUT2D eigenvalue weighted by molar-refractivity contribution is -0.670. The van der Waals surface area contributed by atoms with Crippen molar-refractivity contribution in [3.63, 3.8) is 0 Å². The Kier molecular flexibility index (Phi) is 22.9. The molecule has 0 aromatic carbocycles. The first-order valence-electron chi connectivity index (χ1n) is 8.00. The summed E-state index contributed by atoms with van der Waals surface area (Å²) in [5, 5.41) is 0. The molecule has 1 aromatic heterocycles. The van der Waals surface area contributed by atoms with Gasteiger partial charge in [-0.1, -0.05) is 0 Å². The van der Waals surface area contributed by atoms with Gasteiger partial charge < -0.3 is 29.5 Å². The molecule has 28 heavy (non-hydrogen) atoms. The number of aryl methyl sites for hydroxylation is 2. The summed E-state index contributed by atoms with van der Waals surface area (Å²) in [6.07, 6.45) is 10.2. The molecule has 166 valence electrons. The van der Waals surface area contributed by atoms with Crippen molar-refractivity contribution >= 4 is 20.2 Å². The molecule has 3 heterocycles. The van der Waals surface area contributed by atoms with Crippen molar-refractivity contribution in [3.05, 3.63) is 18.7 Å².